The molecule has 0 spiro atoms. The Morgan fingerprint density at radius 2 is 2.00 bits per heavy atom. The van der Waals surface area contributed by atoms with Crippen molar-refractivity contribution in [1.29, 1.82) is 5.26 Å². The van der Waals surface area contributed by atoms with Crippen LogP contribution in [0.1, 0.15) is 29.3 Å². The monoisotopic (exact) mass is 359 g/mol. The van der Waals surface area contributed by atoms with Crippen molar-refractivity contribution in [3.63, 3.8) is 0 Å². The molecular weight excluding hydrogens is 342 g/mol. The van der Waals surface area contributed by atoms with Crippen LogP contribution in [-0.4, -0.2) is 16.1 Å². The minimum absolute atomic E-state index is 0.157. The third-order valence-corrected chi connectivity index (χ3v) is 4.86. The predicted molar refractivity (Wildman–Crippen MR) is 98.6 cm³/mol. The van der Waals surface area contributed by atoms with Crippen LogP contribution in [0.15, 0.2) is 29.3 Å². The van der Waals surface area contributed by atoms with Crippen LogP contribution in [-0.2, 0) is 4.79 Å². The molecule has 1 heterocycles. The summed E-state index contributed by atoms with van der Waals surface area (Å²) in [6, 6.07) is 9.39. The standard InChI is InChI=1S/C18H18ClN3OS/c1-10-5-6-14(19)8-16(10)22-17(23)13(4)24-18-15(9-20)11(2)7-12(3)21-18/h5-8,13H,1-4H3,(H,22,23). The van der Waals surface area contributed by atoms with Gasteiger partial charge in [-0.25, -0.2) is 4.98 Å². The van der Waals surface area contributed by atoms with E-state index in [9.17, 15) is 10.1 Å². The van der Waals surface area contributed by atoms with E-state index in [-0.39, 0.29) is 5.91 Å². The SMILES string of the molecule is Cc1cc(C)c(C#N)c(SC(C)C(=O)Nc2cc(Cl)ccc2C)n1. The summed E-state index contributed by atoms with van der Waals surface area (Å²) in [5.41, 5.74) is 3.84. The Bertz CT molecular complexity index is 830. The fourth-order valence-electron chi connectivity index (χ4n) is 2.21. The fraction of sp³-hybridized carbons (Fsp3) is 0.278. The molecule has 1 atom stereocenters. The van der Waals surface area contributed by atoms with Crippen LogP contribution < -0.4 is 5.32 Å². The first-order chi connectivity index (χ1) is 11.3. The highest BCUT2D eigenvalue weighted by Gasteiger charge is 2.19. The average molecular weight is 360 g/mol. The van der Waals surface area contributed by atoms with E-state index in [1.165, 1.54) is 11.8 Å². The zero-order valence-corrected chi connectivity index (χ0v) is 15.5. The lowest BCUT2D eigenvalue weighted by Crippen LogP contribution is -2.23. The summed E-state index contributed by atoms with van der Waals surface area (Å²) < 4.78 is 0. The van der Waals surface area contributed by atoms with Crippen molar-refractivity contribution >= 4 is 35.0 Å². The second-order valence-electron chi connectivity index (χ2n) is 5.58. The summed E-state index contributed by atoms with van der Waals surface area (Å²) in [6.07, 6.45) is 0. The topological polar surface area (TPSA) is 65.8 Å². The zero-order valence-electron chi connectivity index (χ0n) is 14.0. The molecule has 0 aliphatic heterocycles. The van der Waals surface area contributed by atoms with Gasteiger partial charge in [-0.2, -0.15) is 5.26 Å². The second-order valence-corrected chi connectivity index (χ2v) is 7.35. The number of rotatable bonds is 4. The fourth-order valence-corrected chi connectivity index (χ4v) is 3.40. The molecule has 24 heavy (non-hydrogen) atoms. The molecule has 0 aliphatic carbocycles. The number of halogens is 1. The highest BCUT2D eigenvalue weighted by Crippen LogP contribution is 2.28. The average Bonchev–Trinajstić information content (AvgIpc) is 2.50. The minimum atomic E-state index is -0.399. The lowest BCUT2D eigenvalue weighted by atomic mass is 10.1. The number of nitriles is 1. The lowest BCUT2D eigenvalue weighted by molar-refractivity contribution is -0.115. The van der Waals surface area contributed by atoms with Gasteiger partial charge in [0.15, 0.2) is 0 Å². The highest BCUT2D eigenvalue weighted by atomic mass is 35.5. The van der Waals surface area contributed by atoms with E-state index in [0.717, 1.165) is 16.8 Å². The quantitative estimate of drug-likeness (QED) is 0.807. The summed E-state index contributed by atoms with van der Waals surface area (Å²) >= 11 is 7.26. The lowest BCUT2D eigenvalue weighted by Gasteiger charge is -2.15. The molecule has 0 radical (unpaired) electrons. The molecule has 1 unspecified atom stereocenters. The summed E-state index contributed by atoms with van der Waals surface area (Å²) in [5.74, 6) is -0.157. The number of anilines is 1. The number of nitrogens with zero attached hydrogens (tertiary/aromatic N) is 2. The van der Waals surface area contributed by atoms with Gasteiger partial charge >= 0.3 is 0 Å². The smallest absolute Gasteiger partial charge is 0.237 e. The number of nitrogens with one attached hydrogen (secondary N) is 1. The molecule has 2 aromatic rings. The summed E-state index contributed by atoms with van der Waals surface area (Å²) in [6.45, 7) is 7.44. The van der Waals surface area contributed by atoms with Crippen molar-refractivity contribution in [3.05, 3.63) is 51.7 Å². The van der Waals surface area contributed by atoms with Gasteiger partial charge in [0.05, 0.1) is 10.8 Å². The molecule has 124 valence electrons. The molecule has 2 rings (SSSR count). The maximum atomic E-state index is 12.5. The van der Waals surface area contributed by atoms with E-state index >= 15 is 0 Å². The van der Waals surface area contributed by atoms with Crippen LogP contribution in [0.4, 0.5) is 5.69 Å². The molecule has 0 bridgehead atoms. The number of carbonyl (C=O) groups excluding carboxylic acids is 1. The number of thioether (sulfide) groups is 1. The van der Waals surface area contributed by atoms with E-state index in [0.29, 0.717) is 21.3 Å². The first-order valence-electron chi connectivity index (χ1n) is 7.44. The molecule has 1 N–H and O–H groups in total. The maximum Gasteiger partial charge on any atom is 0.237 e. The predicted octanol–water partition coefficient (Wildman–Crippen LogP) is 4.65. The van der Waals surface area contributed by atoms with E-state index in [1.807, 2.05) is 32.9 Å². The second kappa shape index (κ2) is 7.69. The number of aryl methyl sites for hydroxylation is 3. The summed E-state index contributed by atoms with van der Waals surface area (Å²) in [4.78, 5) is 16.9. The van der Waals surface area contributed by atoms with Crippen LogP contribution in [0.25, 0.3) is 0 Å². The maximum absolute atomic E-state index is 12.5. The number of amides is 1. The third-order valence-electron chi connectivity index (χ3n) is 3.54. The van der Waals surface area contributed by atoms with Gasteiger partial charge in [-0.15, -0.1) is 0 Å². The van der Waals surface area contributed by atoms with Crippen LogP contribution in [0.3, 0.4) is 0 Å². The van der Waals surface area contributed by atoms with E-state index in [2.05, 4.69) is 16.4 Å². The molecule has 0 saturated carbocycles. The van der Waals surface area contributed by atoms with Crippen molar-refractivity contribution in [2.45, 2.75) is 38.0 Å². The third kappa shape index (κ3) is 4.28. The van der Waals surface area contributed by atoms with Gasteiger partial charge in [0.2, 0.25) is 5.91 Å². The Balaban J connectivity index is 2.18. The number of pyridine rings is 1. The number of benzene rings is 1. The van der Waals surface area contributed by atoms with Crippen LogP contribution in [0, 0.1) is 32.1 Å². The van der Waals surface area contributed by atoms with Crippen molar-refractivity contribution in [2.75, 3.05) is 5.32 Å². The molecule has 0 fully saturated rings. The number of aromatic nitrogens is 1. The molecule has 1 amide bonds. The molecule has 0 aliphatic rings. The first kappa shape index (κ1) is 18.3. The molecule has 1 aromatic heterocycles. The molecular formula is C18H18ClN3OS. The molecule has 6 heteroatoms. The Labute approximate surface area is 151 Å². The largest absolute Gasteiger partial charge is 0.325 e. The Hall–Kier alpha value is -2.03. The number of hydrogen-bond acceptors (Lipinski definition) is 4. The van der Waals surface area contributed by atoms with Crippen LogP contribution in [0.2, 0.25) is 5.02 Å². The van der Waals surface area contributed by atoms with Crippen LogP contribution in [0.5, 0.6) is 0 Å². The van der Waals surface area contributed by atoms with Crippen molar-refractivity contribution < 1.29 is 4.79 Å². The Morgan fingerprint density at radius 3 is 2.67 bits per heavy atom. The summed E-state index contributed by atoms with van der Waals surface area (Å²) in [7, 11) is 0. The molecule has 1 aromatic carbocycles. The van der Waals surface area contributed by atoms with Gasteiger partial charge in [-0.05, 0) is 57.0 Å². The Morgan fingerprint density at radius 1 is 1.29 bits per heavy atom. The van der Waals surface area contributed by atoms with Gasteiger partial charge < -0.3 is 5.32 Å². The number of hydrogen-bond donors (Lipinski definition) is 1. The minimum Gasteiger partial charge on any atom is -0.325 e. The highest BCUT2D eigenvalue weighted by molar-refractivity contribution is 8.00. The van der Waals surface area contributed by atoms with Crippen molar-refractivity contribution in [3.8, 4) is 6.07 Å². The van der Waals surface area contributed by atoms with Gasteiger partial charge in [0.25, 0.3) is 0 Å². The normalized spacial score (nSPS) is 11.7. The van der Waals surface area contributed by atoms with E-state index < -0.39 is 5.25 Å². The van der Waals surface area contributed by atoms with Crippen molar-refractivity contribution in [2.24, 2.45) is 0 Å². The van der Waals surface area contributed by atoms with Gasteiger partial charge in [-0.1, -0.05) is 29.4 Å². The molecule has 4 nitrogen and oxygen atoms in total. The van der Waals surface area contributed by atoms with Gasteiger partial charge in [0, 0.05) is 16.4 Å². The van der Waals surface area contributed by atoms with E-state index in [1.54, 1.807) is 19.1 Å². The van der Waals surface area contributed by atoms with E-state index in [4.69, 9.17) is 11.6 Å². The van der Waals surface area contributed by atoms with Crippen LogP contribution >= 0.6 is 23.4 Å². The van der Waals surface area contributed by atoms with Gasteiger partial charge in [0.1, 0.15) is 11.1 Å². The Kier molecular flexibility index (Phi) is 5.87. The first-order valence-corrected chi connectivity index (χ1v) is 8.69. The summed E-state index contributed by atoms with van der Waals surface area (Å²) in [5, 5.41) is 13.0. The molecule has 0 saturated heterocycles. The van der Waals surface area contributed by atoms with Gasteiger partial charge in [-0.3, -0.25) is 4.79 Å². The number of carbonyl (C=O) groups is 1. The van der Waals surface area contributed by atoms with Crippen molar-refractivity contribution in [1.82, 2.24) is 4.98 Å². The zero-order chi connectivity index (χ0) is 17.9.